The second-order valence-electron chi connectivity index (χ2n) is 4.99. The third kappa shape index (κ3) is 2.86. The van der Waals surface area contributed by atoms with Gasteiger partial charge in [-0.1, -0.05) is 24.3 Å². The lowest BCUT2D eigenvalue weighted by Crippen LogP contribution is -2.41. The van der Waals surface area contributed by atoms with Crippen LogP contribution in [0.1, 0.15) is 21.8 Å². The van der Waals surface area contributed by atoms with Gasteiger partial charge in [0.2, 0.25) is 0 Å². The van der Waals surface area contributed by atoms with E-state index in [0.29, 0.717) is 13.0 Å². The maximum Gasteiger partial charge on any atom is 0.0897 e. The Morgan fingerprint density at radius 3 is 2.58 bits per heavy atom. The number of aromatic nitrogens is 1. The van der Waals surface area contributed by atoms with Crippen LogP contribution in [-0.2, 0) is 11.8 Å². The normalized spacial score (nSPS) is 14.3. The zero-order valence-electron chi connectivity index (χ0n) is 11.4. The van der Waals surface area contributed by atoms with Crippen molar-refractivity contribution in [2.75, 3.05) is 13.2 Å². The van der Waals surface area contributed by atoms with E-state index in [1.54, 1.807) is 11.3 Å². The van der Waals surface area contributed by atoms with Crippen LogP contribution in [0.4, 0.5) is 0 Å². The molecule has 1 atom stereocenters. The third-order valence-electron chi connectivity index (χ3n) is 3.60. The van der Waals surface area contributed by atoms with Gasteiger partial charge in [-0.15, -0.1) is 11.3 Å². The highest BCUT2D eigenvalue weighted by Crippen LogP contribution is 2.30. The molecule has 0 saturated heterocycles. The van der Waals surface area contributed by atoms with E-state index in [0.717, 1.165) is 21.8 Å². The number of rotatable bonds is 5. The van der Waals surface area contributed by atoms with Crippen molar-refractivity contribution >= 4 is 11.3 Å². The molecule has 1 unspecified atom stereocenters. The van der Waals surface area contributed by atoms with Crippen molar-refractivity contribution in [3.63, 3.8) is 0 Å². The lowest BCUT2D eigenvalue weighted by molar-refractivity contribution is 0.194. The Morgan fingerprint density at radius 2 is 2.05 bits per heavy atom. The number of thiazole rings is 1. The smallest absolute Gasteiger partial charge is 0.0897 e. The van der Waals surface area contributed by atoms with Crippen molar-refractivity contribution in [2.45, 2.75) is 25.7 Å². The molecule has 1 heterocycles. The first-order chi connectivity index (χ1) is 9.11. The fourth-order valence-electron chi connectivity index (χ4n) is 2.49. The molecule has 2 rings (SSSR count). The molecule has 2 aromatic rings. The summed E-state index contributed by atoms with van der Waals surface area (Å²) >= 11 is 1.63. The van der Waals surface area contributed by atoms with E-state index < -0.39 is 5.41 Å². The Hall–Kier alpha value is -1.23. The number of aliphatic hydroxyl groups is 1. The summed E-state index contributed by atoms with van der Waals surface area (Å²) in [6, 6.07) is 8.11. The minimum atomic E-state index is -0.439. The van der Waals surface area contributed by atoms with Gasteiger partial charge in [0.05, 0.1) is 17.3 Å². The number of nitrogens with two attached hydrogens (primary N) is 1. The number of hydrogen-bond acceptors (Lipinski definition) is 4. The first kappa shape index (κ1) is 14.2. The second kappa shape index (κ2) is 5.82. The van der Waals surface area contributed by atoms with Gasteiger partial charge in [-0.05, 0) is 25.0 Å². The highest BCUT2D eigenvalue weighted by molar-refractivity contribution is 7.09. The highest BCUT2D eigenvalue weighted by atomic mass is 32.1. The van der Waals surface area contributed by atoms with Gasteiger partial charge in [0.1, 0.15) is 0 Å². The first-order valence-corrected chi connectivity index (χ1v) is 7.27. The molecule has 3 N–H and O–H groups in total. The highest BCUT2D eigenvalue weighted by Gasteiger charge is 2.32. The summed E-state index contributed by atoms with van der Waals surface area (Å²) in [5, 5.41) is 13.0. The molecule has 19 heavy (non-hydrogen) atoms. The fraction of sp³-hybridized carbons (Fsp3) is 0.400. The SMILES string of the molecule is Cc1nc(CC(CN)(CO)c2ccccc2C)cs1. The van der Waals surface area contributed by atoms with Crippen molar-refractivity contribution in [3.05, 3.63) is 51.5 Å². The van der Waals surface area contributed by atoms with Crippen LogP contribution in [0.25, 0.3) is 0 Å². The Bertz CT molecular complexity index is 547. The van der Waals surface area contributed by atoms with Crippen LogP contribution in [0, 0.1) is 13.8 Å². The van der Waals surface area contributed by atoms with Crippen molar-refractivity contribution < 1.29 is 5.11 Å². The Morgan fingerprint density at radius 1 is 1.32 bits per heavy atom. The lowest BCUT2D eigenvalue weighted by Gasteiger charge is -2.32. The zero-order chi connectivity index (χ0) is 13.9. The van der Waals surface area contributed by atoms with Crippen LogP contribution in [0.5, 0.6) is 0 Å². The number of aryl methyl sites for hydroxylation is 2. The Kier molecular flexibility index (Phi) is 4.34. The summed E-state index contributed by atoms with van der Waals surface area (Å²) in [6.07, 6.45) is 0.676. The van der Waals surface area contributed by atoms with E-state index in [-0.39, 0.29) is 6.61 Å². The number of nitrogens with zero attached hydrogens (tertiary/aromatic N) is 1. The molecule has 4 heteroatoms. The van der Waals surface area contributed by atoms with Gasteiger partial charge < -0.3 is 10.8 Å². The van der Waals surface area contributed by atoms with E-state index in [1.807, 2.05) is 24.4 Å². The second-order valence-corrected chi connectivity index (χ2v) is 6.05. The minimum Gasteiger partial charge on any atom is -0.395 e. The van der Waals surface area contributed by atoms with Crippen LogP contribution in [0.3, 0.4) is 0 Å². The minimum absolute atomic E-state index is 0.0327. The van der Waals surface area contributed by atoms with Gasteiger partial charge in [-0.3, -0.25) is 0 Å². The average molecular weight is 276 g/mol. The summed E-state index contributed by atoms with van der Waals surface area (Å²) < 4.78 is 0. The van der Waals surface area contributed by atoms with Gasteiger partial charge in [-0.25, -0.2) is 4.98 Å². The van der Waals surface area contributed by atoms with E-state index in [2.05, 4.69) is 24.0 Å². The maximum atomic E-state index is 9.92. The Balaban J connectivity index is 2.40. The summed E-state index contributed by atoms with van der Waals surface area (Å²) in [5.74, 6) is 0. The predicted octanol–water partition coefficient (Wildman–Crippen LogP) is 2.19. The van der Waals surface area contributed by atoms with Crippen LogP contribution in [-0.4, -0.2) is 23.2 Å². The van der Waals surface area contributed by atoms with E-state index >= 15 is 0 Å². The standard InChI is InChI=1S/C15H20N2OS/c1-11-5-3-4-6-14(11)15(9-16,10-18)7-13-8-19-12(2)17-13/h3-6,8,18H,7,9-10,16H2,1-2H3. The molecule has 1 aromatic heterocycles. The molecular weight excluding hydrogens is 256 g/mol. The molecule has 0 radical (unpaired) electrons. The lowest BCUT2D eigenvalue weighted by atomic mass is 9.75. The predicted molar refractivity (Wildman–Crippen MR) is 79.6 cm³/mol. The first-order valence-electron chi connectivity index (χ1n) is 6.39. The molecule has 0 fully saturated rings. The maximum absolute atomic E-state index is 9.92. The molecular formula is C15H20N2OS. The monoisotopic (exact) mass is 276 g/mol. The van der Waals surface area contributed by atoms with Gasteiger partial charge in [0, 0.05) is 23.8 Å². The Labute approximate surface area is 118 Å². The molecule has 0 aliphatic carbocycles. The molecule has 0 amide bonds. The number of benzene rings is 1. The van der Waals surface area contributed by atoms with E-state index in [1.165, 1.54) is 0 Å². The van der Waals surface area contributed by atoms with Crippen LogP contribution in [0.15, 0.2) is 29.6 Å². The summed E-state index contributed by atoms with van der Waals surface area (Å²) in [4.78, 5) is 4.50. The van der Waals surface area contributed by atoms with Gasteiger partial charge in [-0.2, -0.15) is 0 Å². The molecule has 0 aliphatic heterocycles. The number of aliphatic hydroxyl groups excluding tert-OH is 1. The van der Waals surface area contributed by atoms with Gasteiger partial charge in [0.15, 0.2) is 0 Å². The quantitative estimate of drug-likeness (QED) is 0.880. The van der Waals surface area contributed by atoms with Crippen LogP contribution >= 0.6 is 11.3 Å². The van der Waals surface area contributed by atoms with E-state index in [9.17, 15) is 5.11 Å². The average Bonchev–Trinajstić information content (AvgIpc) is 2.82. The fourth-order valence-corrected chi connectivity index (χ4v) is 3.10. The summed E-state index contributed by atoms with van der Waals surface area (Å²) in [5.41, 5.74) is 8.83. The van der Waals surface area contributed by atoms with Crippen molar-refractivity contribution in [2.24, 2.45) is 5.73 Å². The zero-order valence-corrected chi connectivity index (χ0v) is 12.2. The van der Waals surface area contributed by atoms with Crippen molar-refractivity contribution in [3.8, 4) is 0 Å². The summed E-state index contributed by atoms with van der Waals surface area (Å²) in [7, 11) is 0. The third-order valence-corrected chi connectivity index (χ3v) is 4.42. The van der Waals surface area contributed by atoms with Crippen LogP contribution in [0.2, 0.25) is 0 Å². The summed E-state index contributed by atoms with van der Waals surface area (Å²) in [6.45, 7) is 4.49. The topological polar surface area (TPSA) is 59.1 Å². The van der Waals surface area contributed by atoms with Gasteiger partial charge in [0.25, 0.3) is 0 Å². The molecule has 102 valence electrons. The van der Waals surface area contributed by atoms with E-state index in [4.69, 9.17) is 5.73 Å². The molecule has 3 nitrogen and oxygen atoms in total. The number of hydrogen-bond donors (Lipinski definition) is 2. The van der Waals surface area contributed by atoms with Crippen molar-refractivity contribution in [1.29, 1.82) is 0 Å². The molecule has 1 aromatic carbocycles. The molecule has 0 aliphatic rings. The molecule has 0 saturated carbocycles. The molecule has 0 bridgehead atoms. The van der Waals surface area contributed by atoms with Gasteiger partial charge >= 0.3 is 0 Å². The largest absolute Gasteiger partial charge is 0.395 e. The molecule has 0 spiro atoms. The van der Waals surface area contributed by atoms with Crippen molar-refractivity contribution in [1.82, 2.24) is 4.98 Å². The van der Waals surface area contributed by atoms with Crippen LogP contribution < -0.4 is 5.73 Å².